The summed E-state index contributed by atoms with van der Waals surface area (Å²) in [7, 11) is 0. The van der Waals surface area contributed by atoms with Crippen LogP contribution in [0.5, 0.6) is 11.5 Å². The maximum Gasteiger partial charge on any atom is 0.260 e. The number of nitrogens with one attached hydrogen (secondary N) is 2. The minimum absolute atomic E-state index is 0. The third-order valence-electron chi connectivity index (χ3n) is 5.01. The first-order chi connectivity index (χ1) is 12.6. The number of aromatic hydroxyl groups is 1. The lowest BCUT2D eigenvalue weighted by atomic mass is 9.97. The number of carbonyl (C=O) groups excluding carboxylic acids is 2. The Labute approximate surface area is 165 Å². The Morgan fingerprint density at radius 2 is 2.00 bits per heavy atom. The van der Waals surface area contributed by atoms with Gasteiger partial charge in [0.15, 0.2) is 6.61 Å². The number of carbonyl (C=O) groups is 2. The zero-order valence-electron chi connectivity index (χ0n) is 15.4. The molecule has 2 amide bonds. The van der Waals surface area contributed by atoms with E-state index in [0.717, 1.165) is 38.8 Å². The molecule has 0 aromatic heterocycles. The Morgan fingerprint density at radius 1 is 1.22 bits per heavy atom. The van der Waals surface area contributed by atoms with E-state index >= 15 is 0 Å². The van der Waals surface area contributed by atoms with E-state index in [9.17, 15) is 14.7 Å². The standard InChI is InChI=1S/C19H27N3O4.ClH/c23-15-5-7-16(8-6-15)26-13-18(24)22-10-2-3-14(12-22)11-21-19(25)17-4-1-9-20-17;/h5-8,14,17,20,23H,1-4,9-13H2,(H,21,25);1H. The molecule has 3 rings (SSSR count). The molecule has 0 saturated carbocycles. The third kappa shape index (κ3) is 6.29. The maximum absolute atomic E-state index is 12.4. The van der Waals surface area contributed by atoms with Crippen molar-refractivity contribution in [3.63, 3.8) is 0 Å². The number of phenols is 1. The van der Waals surface area contributed by atoms with E-state index in [2.05, 4.69) is 10.6 Å². The summed E-state index contributed by atoms with van der Waals surface area (Å²) < 4.78 is 5.50. The fourth-order valence-electron chi connectivity index (χ4n) is 3.51. The number of piperidine rings is 1. The number of benzene rings is 1. The molecule has 1 aromatic rings. The Morgan fingerprint density at radius 3 is 2.70 bits per heavy atom. The molecule has 27 heavy (non-hydrogen) atoms. The highest BCUT2D eigenvalue weighted by molar-refractivity contribution is 5.85. The summed E-state index contributed by atoms with van der Waals surface area (Å²) >= 11 is 0. The summed E-state index contributed by atoms with van der Waals surface area (Å²) in [5, 5.41) is 15.5. The molecule has 2 fully saturated rings. The topological polar surface area (TPSA) is 90.9 Å². The summed E-state index contributed by atoms with van der Waals surface area (Å²) in [4.78, 5) is 26.3. The number of likely N-dealkylation sites (tertiary alicyclic amines) is 1. The number of ether oxygens (including phenoxy) is 1. The summed E-state index contributed by atoms with van der Waals surface area (Å²) in [5.41, 5.74) is 0. The van der Waals surface area contributed by atoms with Gasteiger partial charge in [-0.25, -0.2) is 0 Å². The monoisotopic (exact) mass is 397 g/mol. The number of phenolic OH excluding ortho intramolecular Hbond substituents is 1. The van der Waals surface area contributed by atoms with Crippen LogP contribution >= 0.6 is 12.4 Å². The van der Waals surface area contributed by atoms with E-state index in [1.807, 2.05) is 4.90 Å². The molecule has 0 radical (unpaired) electrons. The van der Waals surface area contributed by atoms with Crippen molar-refractivity contribution in [2.45, 2.75) is 31.7 Å². The second kappa shape index (κ2) is 10.4. The molecule has 0 bridgehead atoms. The molecule has 2 unspecified atom stereocenters. The largest absolute Gasteiger partial charge is 0.508 e. The van der Waals surface area contributed by atoms with Crippen molar-refractivity contribution < 1.29 is 19.4 Å². The van der Waals surface area contributed by atoms with Gasteiger partial charge in [0.2, 0.25) is 5.91 Å². The Hall–Kier alpha value is -1.99. The highest BCUT2D eigenvalue weighted by Crippen LogP contribution is 2.18. The normalized spacial score (nSPS) is 22.0. The highest BCUT2D eigenvalue weighted by Gasteiger charge is 2.26. The molecule has 2 heterocycles. The highest BCUT2D eigenvalue weighted by atomic mass is 35.5. The molecular formula is C19H28ClN3O4. The average molecular weight is 398 g/mol. The van der Waals surface area contributed by atoms with Crippen molar-refractivity contribution >= 4 is 24.2 Å². The van der Waals surface area contributed by atoms with Crippen LogP contribution in [0.1, 0.15) is 25.7 Å². The minimum atomic E-state index is -0.0602. The molecule has 2 aliphatic rings. The van der Waals surface area contributed by atoms with Crippen LogP contribution in [0, 0.1) is 5.92 Å². The second-order valence-electron chi connectivity index (χ2n) is 7.02. The van der Waals surface area contributed by atoms with E-state index in [4.69, 9.17) is 4.74 Å². The van der Waals surface area contributed by atoms with Crippen molar-refractivity contribution in [1.29, 1.82) is 0 Å². The van der Waals surface area contributed by atoms with Gasteiger partial charge in [-0.1, -0.05) is 0 Å². The zero-order chi connectivity index (χ0) is 18.4. The first-order valence-corrected chi connectivity index (χ1v) is 9.32. The van der Waals surface area contributed by atoms with Gasteiger partial charge in [0.05, 0.1) is 6.04 Å². The number of rotatable bonds is 6. The zero-order valence-corrected chi connectivity index (χ0v) is 16.2. The number of amides is 2. The minimum Gasteiger partial charge on any atom is -0.508 e. The lowest BCUT2D eigenvalue weighted by molar-refractivity contribution is -0.135. The van der Waals surface area contributed by atoms with Crippen LogP contribution in [0.25, 0.3) is 0 Å². The van der Waals surface area contributed by atoms with Gasteiger partial charge in [0.25, 0.3) is 5.91 Å². The molecule has 2 atom stereocenters. The second-order valence-corrected chi connectivity index (χ2v) is 7.02. The van der Waals surface area contributed by atoms with E-state index in [0.29, 0.717) is 18.8 Å². The van der Waals surface area contributed by atoms with E-state index in [1.54, 1.807) is 12.1 Å². The van der Waals surface area contributed by atoms with Crippen molar-refractivity contribution in [2.24, 2.45) is 5.92 Å². The molecule has 1 aromatic carbocycles. The van der Waals surface area contributed by atoms with E-state index < -0.39 is 0 Å². The van der Waals surface area contributed by atoms with E-state index in [-0.39, 0.29) is 48.5 Å². The van der Waals surface area contributed by atoms with Gasteiger partial charge in [0, 0.05) is 19.6 Å². The quantitative estimate of drug-likeness (QED) is 0.673. The summed E-state index contributed by atoms with van der Waals surface area (Å²) in [5.74, 6) is 1.03. The van der Waals surface area contributed by atoms with Gasteiger partial charge >= 0.3 is 0 Å². The Balaban J connectivity index is 0.00000261. The van der Waals surface area contributed by atoms with Crippen molar-refractivity contribution in [2.75, 3.05) is 32.8 Å². The Kier molecular flexibility index (Phi) is 8.19. The molecular weight excluding hydrogens is 370 g/mol. The van der Waals surface area contributed by atoms with Crippen molar-refractivity contribution in [3.8, 4) is 11.5 Å². The first-order valence-electron chi connectivity index (χ1n) is 9.32. The molecule has 3 N–H and O–H groups in total. The summed E-state index contributed by atoms with van der Waals surface area (Å²) in [6.45, 7) is 2.88. The smallest absolute Gasteiger partial charge is 0.260 e. The van der Waals surface area contributed by atoms with Gasteiger partial charge in [-0.05, 0) is 62.4 Å². The molecule has 7 nitrogen and oxygen atoms in total. The SMILES string of the molecule is Cl.O=C(NCC1CCCN(C(=O)COc2ccc(O)cc2)C1)C1CCCN1. The molecule has 2 aliphatic heterocycles. The number of halogens is 1. The molecule has 2 saturated heterocycles. The van der Waals surface area contributed by atoms with Gasteiger partial charge in [-0.15, -0.1) is 12.4 Å². The van der Waals surface area contributed by atoms with Crippen LogP contribution in [0.3, 0.4) is 0 Å². The van der Waals surface area contributed by atoms with Crippen molar-refractivity contribution in [3.05, 3.63) is 24.3 Å². The predicted octanol–water partition coefficient (Wildman–Crippen LogP) is 1.30. The molecule has 8 heteroatoms. The van der Waals surface area contributed by atoms with Crippen LogP contribution in [0.15, 0.2) is 24.3 Å². The van der Waals surface area contributed by atoms with Crippen LogP contribution < -0.4 is 15.4 Å². The van der Waals surface area contributed by atoms with Gasteiger partial charge in [0.1, 0.15) is 11.5 Å². The fraction of sp³-hybridized carbons (Fsp3) is 0.579. The van der Waals surface area contributed by atoms with Crippen LogP contribution in [0.2, 0.25) is 0 Å². The van der Waals surface area contributed by atoms with Gasteiger partial charge in [-0.3, -0.25) is 9.59 Å². The summed E-state index contributed by atoms with van der Waals surface area (Å²) in [6, 6.07) is 6.26. The molecule has 150 valence electrons. The van der Waals surface area contributed by atoms with E-state index in [1.165, 1.54) is 12.1 Å². The number of nitrogens with zero attached hydrogens (tertiary/aromatic N) is 1. The lowest BCUT2D eigenvalue weighted by Crippen LogP contribution is -2.47. The Bertz CT molecular complexity index is 620. The van der Waals surface area contributed by atoms with Gasteiger partial charge in [-0.2, -0.15) is 0 Å². The summed E-state index contributed by atoms with van der Waals surface area (Å²) in [6.07, 6.45) is 3.90. The first kappa shape index (κ1) is 21.3. The van der Waals surface area contributed by atoms with Crippen molar-refractivity contribution in [1.82, 2.24) is 15.5 Å². The van der Waals surface area contributed by atoms with Crippen LogP contribution in [0.4, 0.5) is 0 Å². The maximum atomic E-state index is 12.4. The van der Waals surface area contributed by atoms with Crippen LogP contribution in [-0.4, -0.2) is 60.6 Å². The third-order valence-corrected chi connectivity index (χ3v) is 5.01. The fourth-order valence-corrected chi connectivity index (χ4v) is 3.51. The lowest BCUT2D eigenvalue weighted by Gasteiger charge is -2.33. The number of hydrogen-bond donors (Lipinski definition) is 3. The van der Waals surface area contributed by atoms with Crippen LogP contribution in [-0.2, 0) is 9.59 Å². The molecule has 0 spiro atoms. The van der Waals surface area contributed by atoms with Gasteiger partial charge < -0.3 is 25.4 Å². The molecule has 0 aliphatic carbocycles. The average Bonchev–Trinajstić information content (AvgIpc) is 3.20. The predicted molar refractivity (Wildman–Crippen MR) is 104 cm³/mol. The number of hydrogen-bond acceptors (Lipinski definition) is 5.